The quantitative estimate of drug-likeness (QED) is 0.670. The summed E-state index contributed by atoms with van der Waals surface area (Å²) in [6.07, 6.45) is 2.48. The smallest absolute Gasteiger partial charge is 0.242 e. The van der Waals surface area contributed by atoms with Crippen LogP contribution in [0.5, 0.6) is 0 Å². The summed E-state index contributed by atoms with van der Waals surface area (Å²) >= 11 is 1.54. The third kappa shape index (κ3) is 4.79. The Morgan fingerprint density at radius 3 is 2.62 bits per heavy atom. The lowest BCUT2D eigenvalue weighted by atomic mass is 10.2. The summed E-state index contributed by atoms with van der Waals surface area (Å²) in [5, 5.41) is 2.05. The third-order valence-corrected chi connectivity index (χ3v) is 7.94. The van der Waals surface area contributed by atoms with Crippen LogP contribution in [0, 0.1) is 13.8 Å². The number of hydrogen-bond donors (Lipinski definition) is 0. The number of sulfonamides is 1. The van der Waals surface area contributed by atoms with E-state index < -0.39 is 10.0 Å². The number of benzene rings is 1. The second kappa shape index (κ2) is 8.81. The molecule has 1 aromatic carbocycles. The number of nitrogens with zero attached hydrogens (tertiary/aromatic N) is 4. The van der Waals surface area contributed by atoms with Gasteiger partial charge in [0.2, 0.25) is 15.9 Å². The second-order valence-corrected chi connectivity index (χ2v) is 10.5. The SMILES string of the molecule is Cc1ccc(S(=O)(=O)N(C)C)cc1N=c1scc(C)n1CCCN1CCCC1=O. The maximum atomic E-state index is 12.5. The highest BCUT2D eigenvalue weighted by molar-refractivity contribution is 7.89. The maximum Gasteiger partial charge on any atom is 0.242 e. The molecule has 0 unspecified atom stereocenters. The number of carbonyl (C=O) groups excluding carboxylic acids is 1. The molecule has 0 bridgehead atoms. The first-order valence-electron chi connectivity index (χ1n) is 9.71. The van der Waals surface area contributed by atoms with Crippen LogP contribution in [0.1, 0.15) is 30.5 Å². The van der Waals surface area contributed by atoms with Gasteiger partial charge in [-0.05, 0) is 44.4 Å². The average molecular weight is 437 g/mol. The van der Waals surface area contributed by atoms with Crippen LogP contribution in [0.2, 0.25) is 0 Å². The molecule has 9 heteroatoms. The lowest BCUT2D eigenvalue weighted by Crippen LogP contribution is -2.27. The summed E-state index contributed by atoms with van der Waals surface area (Å²) < 4.78 is 28.3. The zero-order valence-electron chi connectivity index (χ0n) is 17.4. The van der Waals surface area contributed by atoms with Gasteiger partial charge in [0.15, 0.2) is 4.80 Å². The van der Waals surface area contributed by atoms with Gasteiger partial charge in [0, 0.05) is 51.2 Å². The van der Waals surface area contributed by atoms with Gasteiger partial charge in [-0.2, -0.15) is 0 Å². The zero-order valence-corrected chi connectivity index (χ0v) is 19.0. The van der Waals surface area contributed by atoms with E-state index in [-0.39, 0.29) is 10.8 Å². The first-order chi connectivity index (χ1) is 13.7. The van der Waals surface area contributed by atoms with E-state index in [9.17, 15) is 13.2 Å². The monoisotopic (exact) mass is 436 g/mol. The molecule has 0 spiro atoms. The third-order valence-electron chi connectivity index (χ3n) is 5.15. The Morgan fingerprint density at radius 1 is 1.21 bits per heavy atom. The molecule has 1 aromatic heterocycles. The van der Waals surface area contributed by atoms with E-state index in [0.29, 0.717) is 12.1 Å². The largest absolute Gasteiger partial charge is 0.343 e. The minimum absolute atomic E-state index is 0.235. The molecule has 3 rings (SSSR count). The number of carbonyl (C=O) groups is 1. The number of aryl methyl sites for hydroxylation is 2. The molecule has 29 heavy (non-hydrogen) atoms. The van der Waals surface area contributed by atoms with Crippen molar-refractivity contribution in [3.63, 3.8) is 0 Å². The molecule has 0 aliphatic carbocycles. The Kier molecular flexibility index (Phi) is 6.60. The Bertz CT molecular complexity index is 1070. The van der Waals surface area contributed by atoms with Crippen LogP contribution in [0.4, 0.5) is 5.69 Å². The number of rotatable bonds is 7. The summed E-state index contributed by atoms with van der Waals surface area (Å²) in [6.45, 7) is 6.35. The van der Waals surface area contributed by atoms with Gasteiger partial charge in [-0.15, -0.1) is 11.3 Å². The van der Waals surface area contributed by atoms with Gasteiger partial charge in [-0.1, -0.05) is 6.07 Å². The number of hydrogen-bond acceptors (Lipinski definition) is 5. The topological polar surface area (TPSA) is 75.0 Å². The molecule has 1 aliphatic heterocycles. The molecule has 0 atom stereocenters. The molecular weight excluding hydrogens is 408 g/mol. The van der Waals surface area contributed by atoms with Gasteiger partial charge in [-0.25, -0.2) is 17.7 Å². The fourth-order valence-electron chi connectivity index (χ4n) is 3.32. The minimum Gasteiger partial charge on any atom is -0.343 e. The lowest BCUT2D eigenvalue weighted by molar-refractivity contribution is -0.127. The van der Waals surface area contributed by atoms with Crippen LogP contribution in [0.3, 0.4) is 0 Å². The van der Waals surface area contributed by atoms with Crippen molar-refractivity contribution in [3.8, 4) is 0 Å². The van der Waals surface area contributed by atoms with Crippen LogP contribution in [0.25, 0.3) is 0 Å². The number of likely N-dealkylation sites (tertiary alicyclic amines) is 1. The first kappa shape index (κ1) is 21.7. The summed E-state index contributed by atoms with van der Waals surface area (Å²) in [4.78, 5) is 19.6. The average Bonchev–Trinajstić information content (AvgIpc) is 3.23. The molecule has 2 heterocycles. The van der Waals surface area contributed by atoms with E-state index in [1.165, 1.54) is 29.7 Å². The van der Waals surface area contributed by atoms with E-state index in [1.54, 1.807) is 18.2 Å². The van der Waals surface area contributed by atoms with Crippen molar-refractivity contribution in [1.29, 1.82) is 0 Å². The first-order valence-corrected chi connectivity index (χ1v) is 12.0. The van der Waals surface area contributed by atoms with Crippen molar-refractivity contribution in [3.05, 3.63) is 39.6 Å². The van der Waals surface area contributed by atoms with Crippen molar-refractivity contribution in [2.75, 3.05) is 27.2 Å². The molecule has 158 valence electrons. The zero-order chi connectivity index (χ0) is 21.2. The summed E-state index contributed by atoms with van der Waals surface area (Å²) in [6, 6.07) is 5.04. The number of amides is 1. The minimum atomic E-state index is -3.51. The van der Waals surface area contributed by atoms with E-state index in [1.807, 2.05) is 18.7 Å². The van der Waals surface area contributed by atoms with E-state index in [4.69, 9.17) is 4.99 Å². The van der Waals surface area contributed by atoms with Gasteiger partial charge in [0.25, 0.3) is 0 Å². The highest BCUT2D eigenvalue weighted by Crippen LogP contribution is 2.24. The number of aromatic nitrogens is 1. The molecule has 0 N–H and O–H groups in total. The second-order valence-electron chi connectivity index (χ2n) is 7.50. The van der Waals surface area contributed by atoms with Gasteiger partial charge < -0.3 is 9.47 Å². The van der Waals surface area contributed by atoms with Crippen molar-refractivity contribution in [2.24, 2.45) is 4.99 Å². The van der Waals surface area contributed by atoms with Gasteiger partial charge in [0.1, 0.15) is 0 Å². The fourth-order valence-corrected chi connectivity index (χ4v) is 5.16. The summed E-state index contributed by atoms with van der Waals surface area (Å²) in [7, 11) is -0.467. The molecular formula is C20H28N4O3S2. The van der Waals surface area contributed by atoms with Crippen LogP contribution >= 0.6 is 11.3 Å². The fraction of sp³-hybridized carbons (Fsp3) is 0.500. The Balaban J connectivity index is 1.87. The van der Waals surface area contributed by atoms with Crippen LogP contribution in [-0.2, 0) is 21.4 Å². The Labute approximate surface area is 176 Å². The molecule has 1 saturated heterocycles. The molecule has 1 amide bonds. The van der Waals surface area contributed by atoms with Crippen LogP contribution < -0.4 is 4.80 Å². The number of thiazole rings is 1. The normalized spacial score (nSPS) is 15.7. The molecule has 1 aliphatic rings. The van der Waals surface area contributed by atoms with E-state index in [0.717, 1.165) is 48.5 Å². The summed E-state index contributed by atoms with van der Waals surface area (Å²) in [5.74, 6) is 0.247. The van der Waals surface area contributed by atoms with Crippen LogP contribution in [0.15, 0.2) is 33.5 Å². The van der Waals surface area contributed by atoms with Crippen molar-refractivity contribution in [2.45, 2.75) is 44.6 Å². The highest BCUT2D eigenvalue weighted by atomic mass is 32.2. The van der Waals surface area contributed by atoms with Crippen LogP contribution in [-0.4, -0.2) is 55.3 Å². The molecule has 1 fully saturated rings. The maximum absolute atomic E-state index is 12.5. The molecule has 0 radical (unpaired) electrons. The summed E-state index contributed by atoms with van der Waals surface area (Å²) in [5.41, 5.74) is 2.68. The molecule has 7 nitrogen and oxygen atoms in total. The molecule has 2 aromatic rings. The van der Waals surface area contributed by atoms with Gasteiger partial charge >= 0.3 is 0 Å². The van der Waals surface area contributed by atoms with Crippen molar-refractivity contribution >= 4 is 33.0 Å². The molecule has 0 saturated carbocycles. The van der Waals surface area contributed by atoms with Gasteiger partial charge in [0.05, 0.1) is 10.6 Å². The van der Waals surface area contributed by atoms with Crippen molar-refractivity contribution < 1.29 is 13.2 Å². The standard InChI is InChI=1S/C20H28N4O3S2/c1-15-8-9-17(29(26,27)22(3)4)13-18(15)21-20-24(16(2)14-28-20)12-6-11-23-10-5-7-19(23)25/h8-9,13-14H,5-7,10-12H2,1-4H3. The van der Waals surface area contributed by atoms with Crippen molar-refractivity contribution in [1.82, 2.24) is 13.8 Å². The van der Waals surface area contributed by atoms with Gasteiger partial charge in [-0.3, -0.25) is 4.79 Å². The van der Waals surface area contributed by atoms with E-state index >= 15 is 0 Å². The predicted octanol–water partition coefficient (Wildman–Crippen LogP) is 2.66. The Morgan fingerprint density at radius 2 is 1.97 bits per heavy atom. The highest BCUT2D eigenvalue weighted by Gasteiger charge is 2.20. The predicted molar refractivity (Wildman–Crippen MR) is 115 cm³/mol. The van der Waals surface area contributed by atoms with E-state index in [2.05, 4.69) is 9.95 Å². The lowest BCUT2D eigenvalue weighted by Gasteiger charge is -2.15. The Hall–Kier alpha value is -1.97.